The van der Waals surface area contributed by atoms with Gasteiger partial charge in [-0.3, -0.25) is 0 Å². The third kappa shape index (κ3) is 2.05. The number of aromatic amines is 1. The van der Waals surface area contributed by atoms with E-state index in [1.54, 1.807) is 19.1 Å². The fourth-order valence-electron chi connectivity index (χ4n) is 1.87. The Morgan fingerprint density at radius 1 is 1.30 bits per heavy atom. The van der Waals surface area contributed by atoms with Crippen molar-refractivity contribution in [2.75, 3.05) is 0 Å². The van der Waals surface area contributed by atoms with Gasteiger partial charge in [-0.1, -0.05) is 0 Å². The van der Waals surface area contributed by atoms with E-state index in [0.29, 0.717) is 28.4 Å². The summed E-state index contributed by atoms with van der Waals surface area (Å²) in [6, 6.07) is 4.73. The maximum Gasteiger partial charge on any atom is 0.335 e. The van der Waals surface area contributed by atoms with Crippen molar-refractivity contribution in [1.29, 1.82) is 0 Å². The number of H-pyrrole nitrogens is 1. The number of carboxylic acids is 1. The van der Waals surface area contributed by atoms with Crippen LogP contribution >= 0.6 is 0 Å². The predicted octanol–water partition coefficient (Wildman–Crippen LogP) is 2.15. The van der Waals surface area contributed by atoms with Crippen LogP contribution in [0.4, 0.5) is 0 Å². The van der Waals surface area contributed by atoms with Gasteiger partial charge in [0.15, 0.2) is 5.65 Å². The second kappa shape index (κ2) is 4.61. The van der Waals surface area contributed by atoms with Gasteiger partial charge in [0, 0.05) is 0 Å². The molecule has 0 saturated heterocycles. The maximum atomic E-state index is 11.0. The lowest BCUT2D eigenvalue weighted by Gasteiger charge is -2.07. The zero-order chi connectivity index (χ0) is 14.1. The van der Waals surface area contributed by atoms with E-state index >= 15 is 0 Å². The molecular formula is C13H10N4O3. The van der Waals surface area contributed by atoms with Crippen LogP contribution in [0.3, 0.4) is 0 Å². The topological polar surface area (TPSA) is 101 Å². The number of hydrogen-bond donors (Lipinski definition) is 2. The Labute approximate surface area is 113 Å². The summed E-state index contributed by atoms with van der Waals surface area (Å²) in [5.41, 5.74) is 1.96. The lowest BCUT2D eigenvalue weighted by Crippen LogP contribution is -1.99. The Kier molecular flexibility index (Phi) is 2.79. The molecule has 2 aromatic heterocycles. The number of nitrogens with one attached hydrogen (secondary N) is 1. The number of benzene rings is 1. The summed E-state index contributed by atoms with van der Waals surface area (Å²) in [4.78, 5) is 25.9. The third-order valence-electron chi connectivity index (χ3n) is 2.83. The Hall–Kier alpha value is -2.96. The number of aromatic carboxylic acids is 1. The van der Waals surface area contributed by atoms with E-state index in [-0.39, 0.29) is 5.56 Å². The smallest absolute Gasteiger partial charge is 0.335 e. The molecule has 0 fully saturated rings. The number of carbonyl (C=O) groups is 1. The number of hydrogen-bond acceptors (Lipinski definition) is 5. The SMILES string of the molecule is Cc1cc(Oc2ncnc3nc[nH]c23)ccc1C(=O)O. The van der Waals surface area contributed by atoms with Crippen molar-refractivity contribution in [2.45, 2.75) is 6.92 Å². The molecule has 0 amide bonds. The summed E-state index contributed by atoms with van der Waals surface area (Å²) in [6.45, 7) is 1.71. The van der Waals surface area contributed by atoms with Gasteiger partial charge in [0.05, 0.1) is 11.9 Å². The highest BCUT2D eigenvalue weighted by Crippen LogP contribution is 2.26. The molecule has 0 aliphatic carbocycles. The Morgan fingerprint density at radius 2 is 2.15 bits per heavy atom. The van der Waals surface area contributed by atoms with Gasteiger partial charge >= 0.3 is 5.97 Å². The first kappa shape index (κ1) is 12.1. The number of nitrogens with zero attached hydrogens (tertiary/aromatic N) is 3. The zero-order valence-electron chi connectivity index (χ0n) is 10.5. The predicted molar refractivity (Wildman–Crippen MR) is 69.9 cm³/mol. The Bertz CT molecular complexity index is 797. The number of rotatable bonds is 3. The second-order valence-corrected chi connectivity index (χ2v) is 4.16. The van der Waals surface area contributed by atoms with Crippen LogP contribution in [-0.2, 0) is 0 Å². The molecule has 2 heterocycles. The number of aryl methyl sites for hydroxylation is 1. The molecule has 0 radical (unpaired) electrons. The average molecular weight is 270 g/mol. The molecule has 20 heavy (non-hydrogen) atoms. The third-order valence-corrected chi connectivity index (χ3v) is 2.83. The molecule has 0 unspecified atom stereocenters. The van der Waals surface area contributed by atoms with E-state index in [4.69, 9.17) is 9.84 Å². The highest BCUT2D eigenvalue weighted by Gasteiger charge is 2.11. The zero-order valence-corrected chi connectivity index (χ0v) is 10.5. The van der Waals surface area contributed by atoms with Gasteiger partial charge in [-0.05, 0) is 30.7 Å². The first-order valence-corrected chi connectivity index (χ1v) is 5.81. The number of imidazole rings is 1. The molecule has 100 valence electrons. The van der Waals surface area contributed by atoms with Crippen molar-refractivity contribution in [3.8, 4) is 11.6 Å². The lowest BCUT2D eigenvalue weighted by atomic mass is 10.1. The van der Waals surface area contributed by atoms with Crippen LogP contribution in [0.25, 0.3) is 11.2 Å². The van der Waals surface area contributed by atoms with Gasteiger partial charge in [0.25, 0.3) is 0 Å². The van der Waals surface area contributed by atoms with Crippen molar-refractivity contribution < 1.29 is 14.6 Å². The monoisotopic (exact) mass is 270 g/mol. The van der Waals surface area contributed by atoms with Crippen molar-refractivity contribution in [2.24, 2.45) is 0 Å². The highest BCUT2D eigenvalue weighted by atomic mass is 16.5. The molecule has 0 spiro atoms. The van der Waals surface area contributed by atoms with Gasteiger partial charge in [-0.25, -0.2) is 14.8 Å². The van der Waals surface area contributed by atoms with Gasteiger partial charge in [-0.2, -0.15) is 4.98 Å². The summed E-state index contributed by atoms with van der Waals surface area (Å²) in [7, 11) is 0. The van der Waals surface area contributed by atoms with E-state index in [2.05, 4.69) is 19.9 Å². The summed E-state index contributed by atoms with van der Waals surface area (Å²) in [5.74, 6) is -0.121. The van der Waals surface area contributed by atoms with E-state index in [0.717, 1.165) is 0 Å². The second-order valence-electron chi connectivity index (χ2n) is 4.16. The molecule has 0 atom stereocenters. The summed E-state index contributed by atoms with van der Waals surface area (Å²) >= 11 is 0. The molecule has 3 rings (SSSR count). The minimum atomic E-state index is -0.966. The van der Waals surface area contributed by atoms with Crippen LogP contribution in [0.2, 0.25) is 0 Å². The standard InChI is InChI=1S/C13H10N4O3/c1-7-4-8(2-3-9(7)13(18)19)20-12-10-11(15-5-14-10)16-6-17-12/h2-6H,1H3,(H,18,19)(H,14,15,16,17). The quantitative estimate of drug-likeness (QED) is 0.756. The molecule has 1 aromatic carbocycles. The van der Waals surface area contributed by atoms with Crippen LogP contribution in [0, 0.1) is 6.92 Å². The molecule has 7 heteroatoms. The minimum Gasteiger partial charge on any atom is -0.478 e. The molecule has 7 nitrogen and oxygen atoms in total. The number of ether oxygens (including phenoxy) is 1. The summed E-state index contributed by atoms with van der Waals surface area (Å²) in [6.07, 6.45) is 2.86. The fraction of sp³-hybridized carbons (Fsp3) is 0.0769. The van der Waals surface area contributed by atoms with Crippen LogP contribution < -0.4 is 4.74 Å². The molecule has 3 aromatic rings. The first-order chi connectivity index (χ1) is 9.65. The van der Waals surface area contributed by atoms with Crippen molar-refractivity contribution in [1.82, 2.24) is 19.9 Å². The van der Waals surface area contributed by atoms with E-state index in [1.807, 2.05) is 0 Å². The van der Waals surface area contributed by atoms with Crippen LogP contribution in [-0.4, -0.2) is 31.0 Å². The Balaban J connectivity index is 1.97. The number of aromatic nitrogens is 4. The van der Waals surface area contributed by atoms with E-state index in [1.165, 1.54) is 18.7 Å². The molecule has 0 aliphatic heterocycles. The molecule has 0 bridgehead atoms. The Morgan fingerprint density at radius 3 is 2.90 bits per heavy atom. The summed E-state index contributed by atoms with van der Waals surface area (Å²) in [5, 5.41) is 8.99. The molecular weight excluding hydrogens is 260 g/mol. The van der Waals surface area contributed by atoms with E-state index in [9.17, 15) is 4.79 Å². The van der Waals surface area contributed by atoms with Crippen molar-refractivity contribution >= 4 is 17.1 Å². The molecule has 0 aliphatic rings. The van der Waals surface area contributed by atoms with Gasteiger partial charge in [0.1, 0.15) is 17.6 Å². The molecule has 2 N–H and O–H groups in total. The van der Waals surface area contributed by atoms with E-state index < -0.39 is 5.97 Å². The summed E-state index contributed by atoms with van der Waals surface area (Å²) < 4.78 is 5.65. The van der Waals surface area contributed by atoms with Gasteiger partial charge in [-0.15, -0.1) is 0 Å². The van der Waals surface area contributed by atoms with Crippen molar-refractivity contribution in [3.05, 3.63) is 42.0 Å². The normalized spacial score (nSPS) is 10.7. The molecule has 0 saturated carbocycles. The number of fused-ring (bicyclic) bond motifs is 1. The highest BCUT2D eigenvalue weighted by molar-refractivity contribution is 5.89. The fourth-order valence-corrected chi connectivity index (χ4v) is 1.87. The van der Waals surface area contributed by atoms with Gasteiger partial charge in [0.2, 0.25) is 5.88 Å². The van der Waals surface area contributed by atoms with Crippen LogP contribution in [0.5, 0.6) is 11.6 Å². The first-order valence-electron chi connectivity index (χ1n) is 5.81. The maximum absolute atomic E-state index is 11.0. The van der Waals surface area contributed by atoms with Crippen molar-refractivity contribution in [3.63, 3.8) is 0 Å². The largest absolute Gasteiger partial charge is 0.478 e. The average Bonchev–Trinajstić information content (AvgIpc) is 2.87. The van der Waals surface area contributed by atoms with Crippen LogP contribution in [0.15, 0.2) is 30.9 Å². The minimum absolute atomic E-state index is 0.242. The lowest BCUT2D eigenvalue weighted by molar-refractivity contribution is 0.0696. The van der Waals surface area contributed by atoms with Crippen LogP contribution in [0.1, 0.15) is 15.9 Å². The number of carboxylic acid groups (broad SMARTS) is 1. The van der Waals surface area contributed by atoms with Gasteiger partial charge < -0.3 is 14.8 Å².